The second-order valence-corrected chi connectivity index (χ2v) is 6.48. The monoisotopic (exact) mass is 346 g/mol. The minimum atomic E-state index is 0.846. The number of hydrogen-bond acceptors (Lipinski definition) is 4. The van der Waals surface area contributed by atoms with E-state index in [1.807, 2.05) is 25.4 Å². The molecule has 6 nitrogen and oxygen atoms in total. The highest BCUT2D eigenvalue weighted by Gasteiger charge is 2.14. The van der Waals surface area contributed by atoms with Gasteiger partial charge in [0.05, 0.1) is 0 Å². The van der Waals surface area contributed by atoms with Crippen LogP contribution in [0.4, 0.5) is 0 Å². The van der Waals surface area contributed by atoms with Crippen LogP contribution in [-0.2, 0) is 6.42 Å². The molecular weight excluding hydrogens is 312 g/mol. The summed E-state index contributed by atoms with van der Waals surface area (Å²) >= 11 is 0. The number of likely N-dealkylation sites (N-methyl/N-ethyl adjacent to an activating group) is 1. The molecule has 0 amide bonds. The number of hydrogen-bond donors (Lipinski definition) is 2. The van der Waals surface area contributed by atoms with E-state index in [1.165, 1.54) is 52.1 Å². The minimum Gasteiger partial charge on any atom is -0.356 e. The number of pyridine rings is 1. The normalized spacial score (nSPS) is 16.8. The molecule has 2 N–H and O–H groups in total. The van der Waals surface area contributed by atoms with E-state index in [9.17, 15) is 0 Å². The number of nitrogens with zero attached hydrogens (tertiary/aromatic N) is 4. The van der Waals surface area contributed by atoms with Gasteiger partial charge < -0.3 is 20.4 Å². The zero-order valence-corrected chi connectivity index (χ0v) is 15.9. The standard InChI is InChI=1S/C19H34N6/c1-3-24-14-16-25(17-15-24)13-7-6-11-22-19(20-2)23-12-9-18-8-4-5-10-21-18/h4-5,8,10H,3,6-7,9,11-17H2,1-2H3,(H2,20,22,23). The lowest BCUT2D eigenvalue weighted by Gasteiger charge is -2.34. The number of piperazine rings is 1. The van der Waals surface area contributed by atoms with Gasteiger partial charge in [-0.3, -0.25) is 9.98 Å². The minimum absolute atomic E-state index is 0.846. The summed E-state index contributed by atoms with van der Waals surface area (Å²) in [5.74, 6) is 0.882. The van der Waals surface area contributed by atoms with Crippen LogP contribution in [0.15, 0.2) is 29.4 Å². The van der Waals surface area contributed by atoms with Crippen molar-refractivity contribution >= 4 is 5.96 Å². The predicted molar refractivity (Wildman–Crippen MR) is 105 cm³/mol. The summed E-state index contributed by atoms with van der Waals surface area (Å²) in [6.45, 7) is 11.4. The third-order valence-corrected chi connectivity index (χ3v) is 4.73. The van der Waals surface area contributed by atoms with Gasteiger partial charge in [-0.2, -0.15) is 0 Å². The Balaban J connectivity index is 1.50. The van der Waals surface area contributed by atoms with Crippen LogP contribution in [0.1, 0.15) is 25.5 Å². The molecule has 0 atom stereocenters. The van der Waals surface area contributed by atoms with Crippen LogP contribution < -0.4 is 10.6 Å². The van der Waals surface area contributed by atoms with Crippen LogP contribution >= 0.6 is 0 Å². The molecule has 0 radical (unpaired) electrons. The first-order valence-electron chi connectivity index (χ1n) is 9.61. The molecule has 1 aliphatic heterocycles. The molecule has 0 aliphatic carbocycles. The molecule has 0 spiro atoms. The molecule has 1 aromatic rings. The smallest absolute Gasteiger partial charge is 0.190 e. The van der Waals surface area contributed by atoms with Crippen molar-refractivity contribution in [2.75, 3.05) is 59.4 Å². The van der Waals surface area contributed by atoms with Crippen molar-refractivity contribution < 1.29 is 0 Å². The van der Waals surface area contributed by atoms with E-state index in [0.29, 0.717) is 0 Å². The summed E-state index contributed by atoms with van der Waals surface area (Å²) < 4.78 is 0. The lowest BCUT2D eigenvalue weighted by molar-refractivity contribution is 0.136. The van der Waals surface area contributed by atoms with E-state index >= 15 is 0 Å². The SMILES string of the molecule is CCN1CCN(CCCCNC(=NC)NCCc2ccccn2)CC1. The highest BCUT2D eigenvalue weighted by atomic mass is 15.3. The molecule has 1 saturated heterocycles. The first-order valence-corrected chi connectivity index (χ1v) is 9.61. The van der Waals surface area contributed by atoms with Crippen molar-refractivity contribution in [3.05, 3.63) is 30.1 Å². The second kappa shape index (κ2) is 11.8. The third kappa shape index (κ3) is 7.84. The van der Waals surface area contributed by atoms with E-state index in [2.05, 4.69) is 43.4 Å². The summed E-state index contributed by atoms with van der Waals surface area (Å²) in [5.41, 5.74) is 1.11. The quantitative estimate of drug-likeness (QED) is 0.400. The average molecular weight is 347 g/mol. The Morgan fingerprint density at radius 1 is 1.08 bits per heavy atom. The van der Waals surface area contributed by atoms with Crippen LogP contribution in [-0.4, -0.2) is 80.1 Å². The Bertz CT molecular complexity index is 482. The fourth-order valence-corrected chi connectivity index (χ4v) is 3.07. The van der Waals surface area contributed by atoms with Crippen LogP contribution in [0.3, 0.4) is 0 Å². The number of unbranched alkanes of at least 4 members (excludes halogenated alkanes) is 1. The molecule has 25 heavy (non-hydrogen) atoms. The van der Waals surface area contributed by atoms with E-state index in [-0.39, 0.29) is 0 Å². The fraction of sp³-hybridized carbons (Fsp3) is 0.684. The molecule has 6 heteroatoms. The molecule has 2 heterocycles. The van der Waals surface area contributed by atoms with Gasteiger partial charge in [-0.05, 0) is 38.1 Å². The van der Waals surface area contributed by atoms with Crippen molar-refractivity contribution in [1.82, 2.24) is 25.4 Å². The van der Waals surface area contributed by atoms with Gasteiger partial charge in [-0.1, -0.05) is 13.0 Å². The van der Waals surface area contributed by atoms with E-state index in [4.69, 9.17) is 0 Å². The van der Waals surface area contributed by atoms with Crippen molar-refractivity contribution in [3.63, 3.8) is 0 Å². The molecule has 2 rings (SSSR count). The van der Waals surface area contributed by atoms with E-state index < -0.39 is 0 Å². The Kier molecular flexibility index (Phi) is 9.29. The van der Waals surface area contributed by atoms with Gasteiger partial charge in [-0.15, -0.1) is 0 Å². The van der Waals surface area contributed by atoms with Crippen LogP contribution in [0.25, 0.3) is 0 Å². The maximum absolute atomic E-state index is 4.33. The molecule has 0 saturated carbocycles. The number of guanidine groups is 1. The van der Waals surface area contributed by atoms with Gasteiger partial charge in [-0.25, -0.2) is 0 Å². The Labute approximate surface area is 152 Å². The first kappa shape index (κ1) is 19.7. The third-order valence-electron chi connectivity index (χ3n) is 4.73. The largest absolute Gasteiger partial charge is 0.356 e. The molecule has 1 aromatic heterocycles. The van der Waals surface area contributed by atoms with Crippen molar-refractivity contribution in [2.24, 2.45) is 4.99 Å². The second-order valence-electron chi connectivity index (χ2n) is 6.48. The molecule has 0 unspecified atom stereocenters. The predicted octanol–water partition coefficient (Wildman–Crippen LogP) is 1.21. The summed E-state index contributed by atoms with van der Waals surface area (Å²) in [4.78, 5) is 13.7. The van der Waals surface area contributed by atoms with Crippen molar-refractivity contribution in [3.8, 4) is 0 Å². The summed E-state index contributed by atoms with van der Waals surface area (Å²) in [7, 11) is 1.82. The van der Waals surface area contributed by atoms with Crippen LogP contribution in [0.5, 0.6) is 0 Å². The highest BCUT2D eigenvalue weighted by Crippen LogP contribution is 2.02. The van der Waals surface area contributed by atoms with Gasteiger partial charge in [0.15, 0.2) is 5.96 Å². The molecule has 140 valence electrons. The Morgan fingerprint density at radius 3 is 2.52 bits per heavy atom. The number of nitrogens with one attached hydrogen (secondary N) is 2. The highest BCUT2D eigenvalue weighted by molar-refractivity contribution is 5.79. The molecular formula is C19H34N6. The zero-order chi connectivity index (χ0) is 17.7. The molecule has 1 fully saturated rings. The Morgan fingerprint density at radius 2 is 1.84 bits per heavy atom. The average Bonchev–Trinajstić information content (AvgIpc) is 2.67. The summed E-state index contributed by atoms with van der Waals surface area (Å²) in [5, 5.41) is 6.75. The lowest BCUT2D eigenvalue weighted by atomic mass is 10.2. The maximum atomic E-state index is 4.33. The fourth-order valence-electron chi connectivity index (χ4n) is 3.07. The summed E-state index contributed by atoms with van der Waals surface area (Å²) in [6, 6.07) is 6.02. The van der Waals surface area contributed by atoms with Crippen molar-refractivity contribution in [2.45, 2.75) is 26.2 Å². The lowest BCUT2D eigenvalue weighted by Crippen LogP contribution is -2.46. The zero-order valence-electron chi connectivity index (χ0n) is 15.9. The van der Waals surface area contributed by atoms with Gasteiger partial charge in [0, 0.05) is 64.6 Å². The maximum Gasteiger partial charge on any atom is 0.190 e. The van der Waals surface area contributed by atoms with E-state index in [0.717, 1.165) is 31.2 Å². The Hall–Kier alpha value is -1.66. The number of aromatic nitrogens is 1. The first-order chi connectivity index (χ1) is 12.3. The van der Waals surface area contributed by atoms with Gasteiger partial charge in [0.25, 0.3) is 0 Å². The van der Waals surface area contributed by atoms with Crippen molar-refractivity contribution in [1.29, 1.82) is 0 Å². The molecule has 0 aromatic carbocycles. The van der Waals surface area contributed by atoms with Gasteiger partial charge in [0.2, 0.25) is 0 Å². The number of aliphatic imine (C=N–C) groups is 1. The molecule has 0 bridgehead atoms. The van der Waals surface area contributed by atoms with Crippen LogP contribution in [0.2, 0.25) is 0 Å². The molecule has 1 aliphatic rings. The topological polar surface area (TPSA) is 55.8 Å². The van der Waals surface area contributed by atoms with Gasteiger partial charge in [0.1, 0.15) is 0 Å². The van der Waals surface area contributed by atoms with Gasteiger partial charge >= 0.3 is 0 Å². The van der Waals surface area contributed by atoms with Crippen LogP contribution in [0, 0.1) is 0 Å². The number of rotatable bonds is 9. The van der Waals surface area contributed by atoms with E-state index in [1.54, 1.807) is 0 Å². The summed E-state index contributed by atoms with van der Waals surface area (Å²) in [6.07, 6.45) is 5.16.